The van der Waals surface area contributed by atoms with Gasteiger partial charge in [-0.3, -0.25) is 13.9 Å². The average Bonchev–Trinajstić information content (AvgIpc) is 3.06. The molecule has 4 rings (SSSR count). The molecule has 0 saturated heterocycles. The van der Waals surface area contributed by atoms with Crippen molar-refractivity contribution in [1.29, 1.82) is 0 Å². The van der Waals surface area contributed by atoms with E-state index < -0.39 is 28.5 Å². The lowest BCUT2D eigenvalue weighted by atomic mass is 10.0. The van der Waals surface area contributed by atoms with Gasteiger partial charge in [-0.25, -0.2) is 8.42 Å². The second-order valence-corrected chi connectivity index (χ2v) is 14.4. The first-order chi connectivity index (χ1) is 22.4. The summed E-state index contributed by atoms with van der Waals surface area (Å²) in [5.74, 6) is -0.362. The number of nitrogens with zero attached hydrogens (tertiary/aromatic N) is 2. The number of nitrogens with one attached hydrogen (secondary N) is 1. The molecular weight excluding hydrogens is 681 g/mol. The van der Waals surface area contributed by atoms with Crippen LogP contribution < -0.4 is 14.4 Å². The number of sulfonamides is 1. The number of hydrogen-bond acceptors (Lipinski definition) is 5. The van der Waals surface area contributed by atoms with Crippen molar-refractivity contribution in [3.8, 4) is 5.75 Å². The van der Waals surface area contributed by atoms with E-state index in [-0.39, 0.29) is 45.4 Å². The van der Waals surface area contributed by atoms with Crippen LogP contribution in [0.25, 0.3) is 0 Å². The van der Waals surface area contributed by atoms with Crippen LogP contribution in [0.5, 0.6) is 5.75 Å². The minimum absolute atomic E-state index is 0.0473. The molecule has 0 bridgehead atoms. The van der Waals surface area contributed by atoms with E-state index in [9.17, 15) is 18.0 Å². The summed E-state index contributed by atoms with van der Waals surface area (Å²) in [5.41, 5.74) is 1.61. The van der Waals surface area contributed by atoms with Crippen LogP contribution in [0.15, 0.2) is 102 Å². The lowest BCUT2D eigenvalue weighted by molar-refractivity contribution is -0.140. The molecular formula is C35H36Cl3N3O5S. The number of rotatable bonds is 14. The van der Waals surface area contributed by atoms with Crippen LogP contribution in [0.4, 0.5) is 5.69 Å². The van der Waals surface area contributed by atoms with E-state index in [0.29, 0.717) is 22.9 Å². The molecule has 248 valence electrons. The van der Waals surface area contributed by atoms with Gasteiger partial charge in [0.25, 0.3) is 10.0 Å². The molecule has 8 nitrogen and oxygen atoms in total. The second-order valence-electron chi connectivity index (χ2n) is 11.3. The molecule has 4 aromatic rings. The number of ether oxygens (including phenoxy) is 1. The monoisotopic (exact) mass is 715 g/mol. The number of methoxy groups -OCH3 is 1. The number of carbonyl (C=O) groups is 2. The molecule has 0 radical (unpaired) electrons. The molecule has 0 unspecified atom stereocenters. The number of halogens is 3. The maximum absolute atomic E-state index is 14.5. The van der Waals surface area contributed by atoms with Crippen molar-refractivity contribution in [2.45, 2.75) is 37.8 Å². The third-order valence-electron chi connectivity index (χ3n) is 7.32. The molecule has 1 atom stereocenters. The molecule has 0 heterocycles. The molecule has 0 aliphatic carbocycles. The summed E-state index contributed by atoms with van der Waals surface area (Å²) in [4.78, 5) is 29.8. The molecule has 12 heteroatoms. The molecule has 2 amide bonds. The summed E-state index contributed by atoms with van der Waals surface area (Å²) >= 11 is 18.8. The fourth-order valence-corrected chi connectivity index (χ4v) is 6.76. The maximum atomic E-state index is 14.5. The predicted molar refractivity (Wildman–Crippen MR) is 188 cm³/mol. The smallest absolute Gasteiger partial charge is 0.264 e. The summed E-state index contributed by atoms with van der Waals surface area (Å²) in [7, 11) is -2.83. The van der Waals surface area contributed by atoms with Gasteiger partial charge < -0.3 is 15.0 Å². The first-order valence-electron chi connectivity index (χ1n) is 14.9. The maximum Gasteiger partial charge on any atom is 0.264 e. The zero-order valence-electron chi connectivity index (χ0n) is 26.2. The van der Waals surface area contributed by atoms with Crippen LogP contribution in [-0.2, 0) is 32.6 Å². The Kier molecular flexibility index (Phi) is 12.6. The number of carbonyl (C=O) groups excluding carboxylic acids is 2. The van der Waals surface area contributed by atoms with Crippen molar-refractivity contribution >= 4 is 62.3 Å². The zero-order chi connectivity index (χ0) is 34.1. The summed E-state index contributed by atoms with van der Waals surface area (Å²) in [6.45, 7) is 3.66. The summed E-state index contributed by atoms with van der Waals surface area (Å²) in [6, 6.07) is 25.4. The molecule has 0 fully saturated rings. The predicted octanol–water partition coefficient (Wildman–Crippen LogP) is 7.26. The first-order valence-corrected chi connectivity index (χ1v) is 17.4. The van der Waals surface area contributed by atoms with Crippen molar-refractivity contribution < 1.29 is 22.7 Å². The van der Waals surface area contributed by atoms with Crippen molar-refractivity contribution in [2.75, 3.05) is 24.5 Å². The van der Waals surface area contributed by atoms with E-state index in [2.05, 4.69) is 5.32 Å². The molecule has 0 saturated carbocycles. The Morgan fingerprint density at radius 3 is 2.15 bits per heavy atom. The zero-order valence-corrected chi connectivity index (χ0v) is 29.3. The standard InChI is InChI=1S/C35H36Cl3N3O5S/c1-24(2)21-39-35(43)33(19-25-8-5-4-6-9-25)40(22-26-12-17-31(37)32(38)18-26)34(42)23-41(28-11-7-10-27(36)20-28)47(44,45)30-15-13-29(46-3)14-16-30/h4-18,20,24,33H,19,21-23H2,1-3H3,(H,39,43)/t33-/m0/s1. The lowest BCUT2D eigenvalue weighted by Gasteiger charge is -2.34. The van der Waals surface area contributed by atoms with Gasteiger partial charge in [0.2, 0.25) is 11.8 Å². The van der Waals surface area contributed by atoms with E-state index in [1.54, 1.807) is 36.4 Å². The summed E-state index contributed by atoms with van der Waals surface area (Å²) in [6.07, 6.45) is 0.181. The number of benzene rings is 4. The van der Waals surface area contributed by atoms with Gasteiger partial charge in [0.05, 0.1) is 27.7 Å². The summed E-state index contributed by atoms with van der Waals surface area (Å²) in [5, 5.41) is 3.86. The Bertz CT molecular complexity index is 1790. The highest BCUT2D eigenvalue weighted by molar-refractivity contribution is 7.92. The van der Waals surface area contributed by atoms with E-state index in [1.807, 2.05) is 44.2 Å². The van der Waals surface area contributed by atoms with Gasteiger partial charge in [0.1, 0.15) is 18.3 Å². The molecule has 47 heavy (non-hydrogen) atoms. The van der Waals surface area contributed by atoms with E-state index >= 15 is 0 Å². The van der Waals surface area contributed by atoms with Gasteiger partial charge in [-0.1, -0.05) is 91.1 Å². The minimum atomic E-state index is -4.30. The van der Waals surface area contributed by atoms with Crippen molar-refractivity contribution in [2.24, 2.45) is 5.92 Å². The normalized spacial score (nSPS) is 12.0. The minimum Gasteiger partial charge on any atom is -0.497 e. The molecule has 0 aliphatic heterocycles. The molecule has 0 spiro atoms. The van der Waals surface area contributed by atoms with Gasteiger partial charge in [0, 0.05) is 24.5 Å². The van der Waals surface area contributed by atoms with Crippen LogP contribution >= 0.6 is 34.8 Å². The third kappa shape index (κ3) is 9.64. The van der Waals surface area contributed by atoms with Crippen LogP contribution in [0.3, 0.4) is 0 Å². The van der Waals surface area contributed by atoms with E-state index in [1.165, 1.54) is 42.3 Å². The highest BCUT2D eigenvalue weighted by Crippen LogP contribution is 2.29. The first kappa shape index (κ1) is 36.1. The Labute approximate surface area is 291 Å². The van der Waals surface area contributed by atoms with E-state index in [0.717, 1.165) is 9.87 Å². The van der Waals surface area contributed by atoms with Gasteiger partial charge in [-0.2, -0.15) is 0 Å². The Morgan fingerprint density at radius 1 is 0.830 bits per heavy atom. The Hall–Kier alpha value is -3.76. The van der Waals surface area contributed by atoms with Crippen LogP contribution in [-0.4, -0.2) is 51.4 Å². The van der Waals surface area contributed by atoms with Crippen molar-refractivity contribution in [1.82, 2.24) is 10.2 Å². The van der Waals surface area contributed by atoms with Crippen LogP contribution in [0.2, 0.25) is 15.1 Å². The molecule has 0 aliphatic rings. The molecule has 1 N–H and O–H groups in total. The second kappa shape index (κ2) is 16.4. The third-order valence-corrected chi connectivity index (χ3v) is 10.1. The molecule has 4 aromatic carbocycles. The van der Waals surface area contributed by atoms with Gasteiger partial charge in [-0.15, -0.1) is 0 Å². The van der Waals surface area contributed by atoms with Gasteiger partial charge in [0.15, 0.2) is 0 Å². The summed E-state index contributed by atoms with van der Waals surface area (Å²) < 4.78 is 34.5. The number of anilines is 1. The fraction of sp³-hybridized carbons (Fsp3) is 0.257. The topological polar surface area (TPSA) is 96.0 Å². The number of hydrogen-bond donors (Lipinski definition) is 1. The Balaban J connectivity index is 1.81. The highest BCUT2D eigenvalue weighted by atomic mass is 35.5. The average molecular weight is 717 g/mol. The van der Waals surface area contributed by atoms with E-state index in [4.69, 9.17) is 39.5 Å². The van der Waals surface area contributed by atoms with Gasteiger partial charge in [-0.05, 0) is 71.6 Å². The number of amides is 2. The molecule has 0 aromatic heterocycles. The van der Waals surface area contributed by atoms with Crippen molar-refractivity contribution in [3.05, 3.63) is 123 Å². The Morgan fingerprint density at radius 2 is 1.53 bits per heavy atom. The SMILES string of the molecule is COc1ccc(S(=O)(=O)N(CC(=O)N(Cc2ccc(Cl)c(Cl)c2)[C@@H](Cc2ccccc2)C(=O)NCC(C)C)c2cccc(Cl)c2)cc1. The van der Waals surface area contributed by atoms with Crippen LogP contribution in [0, 0.1) is 5.92 Å². The van der Waals surface area contributed by atoms with Crippen molar-refractivity contribution in [3.63, 3.8) is 0 Å². The fourth-order valence-electron chi connectivity index (χ4n) is 4.85. The largest absolute Gasteiger partial charge is 0.497 e. The highest BCUT2D eigenvalue weighted by Gasteiger charge is 2.35. The quantitative estimate of drug-likeness (QED) is 0.148. The van der Waals surface area contributed by atoms with Crippen LogP contribution in [0.1, 0.15) is 25.0 Å². The lowest BCUT2D eigenvalue weighted by Crippen LogP contribution is -2.53. The van der Waals surface area contributed by atoms with Gasteiger partial charge >= 0.3 is 0 Å².